The van der Waals surface area contributed by atoms with Crippen LogP contribution < -0.4 is 11.1 Å². The fraction of sp³-hybridized carbons (Fsp3) is 0.182. The molecule has 88 valence electrons. The normalized spacial score (nSPS) is 12.1. The number of hydrogen-bond acceptors (Lipinski definition) is 4. The average molecular weight is 231 g/mol. The molecule has 1 amide bonds. The summed E-state index contributed by atoms with van der Waals surface area (Å²) in [6.07, 6.45) is 3.00. The highest BCUT2D eigenvalue weighted by Crippen LogP contribution is 2.18. The van der Waals surface area contributed by atoms with Gasteiger partial charge in [-0.2, -0.15) is 5.10 Å². The molecule has 3 N–H and O–H groups in total. The van der Waals surface area contributed by atoms with Crippen LogP contribution in [0, 0.1) is 0 Å². The Hall–Kier alpha value is -2.21. The van der Waals surface area contributed by atoms with Crippen molar-refractivity contribution in [2.75, 3.05) is 5.32 Å². The number of benzene rings is 1. The SMILES string of the molecule is CC(N)C(=O)Nc1ccccc1-n1cncn1. The number of nitrogens with zero attached hydrogens (tertiary/aromatic N) is 3. The first-order valence-corrected chi connectivity index (χ1v) is 5.19. The van der Waals surface area contributed by atoms with E-state index >= 15 is 0 Å². The molecule has 0 bridgehead atoms. The first-order chi connectivity index (χ1) is 8.18. The molecule has 2 aromatic rings. The van der Waals surface area contributed by atoms with E-state index in [9.17, 15) is 4.79 Å². The molecule has 0 spiro atoms. The number of rotatable bonds is 3. The quantitative estimate of drug-likeness (QED) is 0.807. The molecule has 1 heterocycles. The van der Waals surface area contributed by atoms with Crippen molar-refractivity contribution in [3.8, 4) is 5.69 Å². The van der Waals surface area contributed by atoms with Gasteiger partial charge in [0.05, 0.1) is 17.4 Å². The minimum Gasteiger partial charge on any atom is -0.323 e. The number of carbonyl (C=O) groups is 1. The third-order valence-corrected chi connectivity index (χ3v) is 2.24. The Kier molecular flexibility index (Phi) is 3.15. The minimum atomic E-state index is -0.557. The van der Waals surface area contributed by atoms with Crippen molar-refractivity contribution in [3.63, 3.8) is 0 Å². The van der Waals surface area contributed by atoms with Crippen LogP contribution in [0.4, 0.5) is 5.69 Å². The predicted molar refractivity (Wildman–Crippen MR) is 63.6 cm³/mol. The molecule has 0 saturated heterocycles. The van der Waals surface area contributed by atoms with Crippen LogP contribution in [0.2, 0.25) is 0 Å². The van der Waals surface area contributed by atoms with Crippen LogP contribution >= 0.6 is 0 Å². The number of carbonyl (C=O) groups excluding carboxylic acids is 1. The lowest BCUT2D eigenvalue weighted by Gasteiger charge is -2.11. The standard InChI is InChI=1S/C11H13N5O/c1-8(12)11(17)15-9-4-2-3-5-10(9)16-7-13-6-14-16/h2-8H,12H2,1H3,(H,15,17). The van der Waals surface area contributed by atoms with Crippen LogP contribution in [0.3, 0.4) is 0 Å². The van der Waals surface area contributed by atoms with Gasteiger partial charge in [0.15, 0.2) is 0 Å². The third-order valence-electron chi connectivity index (χ3n) is 2.24. The van der Waals surface area contributed by atoms with Crippen LogP contribution in [0.5, 0.6) is 0 Å². The number of aromatic nitrogens is 3. The first kappa shape index (κ1) is 11.3. The summed E-state index contributed by atoms with van der Waals surface area (Å²) in [5.41, 5.74) is 6.91. The summed E-state index contributed by atoms with van der Waals surface area (Å²) < 4.78 is 1.58. The van der Waals surface area contributed by atoms with Crippen molar-refractivity contribution in [1.82, 2.24) is 14.8 Å². The highest BCUT2D eigenvalue weighted by molar-refractivity contribution is 5.96. The van der Waals surface area contributed by atoms with Crippen molar-refractivity contribution >= 4 is 11.6 Å². The smallest absolute Gasteiger partial charge is 0.241 e. The Bertz CT molecular complexity index is 506. The highest BCUT2D eigenvalue weighted by Gasteiger charge is 2.11. The van der Waals surface area contributed by atoms with E-state index in [4.69, 9.17) is 5.73 Å². The Balaban J connectivity index is 2.32. The molecule has 0 fully saturated rings. The highest BCUT2D eigenvalue weighted by atomic mass is 16.2. The van der Waals surface area contributed by atoms with Gasteiger partial charge in [0.2, 0.25) is 5.91 Å². The first-order valence-electron chi connectivity index (χ1n) is 5.19. The van der Waals surface area contributed by atoms with Crippen LogP contribution in [-0.2, 0) is 4.79 Å². The Labute approximate surface area is 98.5 Å². The molecule has 0 aliphatic rings. The zero-order valence-electron chi connectivity index (χ0n) is 9.37. The maximum absolute atomic E-state index is 11.6. The van der Waals surface area contributed by atoms with Gasteiger partial charge >= 0.3 is 0 Å². The lowest BCUT2D eigenvalue weighted by Crippen LogP contribution is -2.32. The zero-order valence-corrected chi connectivity index (χ0v) is 9.37. The van der Waals surface area contributed by atoms with E-state index in [0.717, 1.165) is 5.69 Å². The minimum absolute atomic E-state index is 0.238. The second-order valence-electron chi connectivity index (χ2n) is 3.64. The molecule has 6 heteroatoms. The fourth-order valence-corrected chi connectivity index (χ4v) is 1.36. The third kappa shape index (κ3) is 2.48. The number of anilines is 1. The predicted octanol–water partition coefficient (Wildman–Crippen LogP) is 0.553. The van der Waals surface area contributed by atoms with Gasteiger partial charge in [-0.05, 0) is 19.1 Å². The van der Waals surface area contributed by atoms with Gasteiger partial charge in [-0.25, -0.2) is 9.67 Å². The van der Waals surface area contributed by atoms with E-state index in [2.05, 4.69) is 15.4 Å². The van der Waals surface area contributed by atoms with Gasteiger partial charge < -0.3 is 11.1 Å². The summed E-state index contributed by atoms with van der Waals surface area (Å²) in [4.78, 5) is 15.4. The summed E-state index contributed by atoms with van der Waals surface area (Å²) in [5, 5.41) is 6.77. The molecule has 1 aromatic heterocycles. The summed E-state index contributed by atoms with van der Waals surface area (Å²) in [7, 11) is 0. The van der Waals surface area contributed by atoms with Crippen LogP contribution in [0.15, 0.2) is 36.9 Å². The summed E-state index contributed by atoms with van der Waals surface area (Å²) >= 11 is 0. The van der Waals surface area contributed by atoms with E-state index in [1.54, 1.807) is 24.0 Å². The molecular weight excluding hydrogens is 218 g/mol. The van der Waals surface area contributed by atoms with Gasteiger partial charge in [-0.3, -0.25) is 4.79 Å². The number of hydrogen-bond donors (Lipinski definition) is 2. The lowest BCUT2D eigenvalue weighted by atomic mass is 10.2. The van der Waals surface area contributed by atoms with Gasteiger partial charge in [-0.15, -0.1) is 0 Å². The van der Waals surface area contributed by atoms with Gasteiger partial charge in [0.1, 0.15) is 12.7 Å². The van der Waals surface area contributed by atoms with Gasteiger partial charge in [0.25, 0.3) is 0 Å². The van der Waals surface area contributed by atoms with Crippen LogP contribution in [-0.4, -0.2) is 26.7 Å². The van der Waals surface area contributed by atoms with E-state index in [-0.39, 0.29) is 5.91 Å². The van der Waals surface area contributed by atoms with E-state index in [0.29, 0.717) is 5.69 Å². The van der Waals surface area contributed by atoms with Crippen molar-refractivity contribution in [1.29, 1.82) is 0 Å². The van der Waals surface area contributed by atoms with Gasteiger partial charge in [-0.1, -0.05) is 12.1 Å². The molecule has 1 aromatic carbocycles. The van der Waals surface area contributed by atoms with Crippen molar-refractivity contribution < 1.29 is 4.79 Å². The van der Waals surface area contributed by atoms with Crippen LogP contribution in [0.25, 0.3) is 5.69 Å². The van der Waals surface area contributed by atoms with Crippen LogP contribution in [0.1, 0.15) is 6.92 Å². The molecule has 0 aliphatic carbocycles. The number of nitrogens with two attached hydrogens (primary N) is 1. The number of nitrogens with one attached hydrogen (secondary N) is 1. The summed E-state index contributed by atoms with van der Waals surface area (Å²) in [6, 6.07) is 6.76. The van der Waals surface area contributed by atoms with E-state index in [1.165, 1.54) is 6.33 Å². The maximum atomic E-state index is 11.6. The maximum Gasteiger partial charge on any atom is 0.241 e. The Morgan fingerprint density at radius 2 is 2.24 bits per heavy atom. The zero-order chi connectivity index (χ0) is 12.3. The second-order valence-corrected chi connectivity index (χ2v) is 3.64. The molecule has 0 radical (unpaired) electrons. The molecule has 0 saturated carbocycles. The largest absolute Gasteiger partial charge is 0.323 e. The molecule has 0 aliphatic heterocycles. The molecule has 2 rings (SSSR count). The fourth-order valence-electron chi connectivity index (χ4n) is 1.36. The molecule has 1 unspecified atom stereocenters. The van der Waals surface area contributed by atoms with E-state index < -0.39 is 6.04 Å². The second kappa shape index (κ2) is 4.75. The van der Waals surface area contributed by atoms with Crippen molar-refractivity contribution in [2.45, 2.75) is 13.0 Å². The lowest BCUT2D eigenvalue weighted by molar-refractivity contribution is -0.117. The average Bonchev–Trinajstić information content (AvgIpc) is 2.83. The molecule has 17 heavy (non-hydrogen) atoms. The molecule has 1 atom stereocenters. The Morgan fingerprint density at radius 1 is 1.47 bits per heavy atom. The molecular formula is C11H13N5O. The Morgan fingerprint density at radius 3 is 2.88 bits per heavy atom. The number of para-hydroxylation sites is 2. The summed E-state index contributed by atoms with van der Waals surface area (Å²) in [6.45, 7) is 1.63. The molecule has 6 nitrogen and oxygen atoms in total. The van der Waals surface area contributed by atoms with Crippen molar-refractivity contribution in [2.24, 2.45) is 5.73 Å². The monoisotopic (exact) mass is 231 g/mol. The topological polar surface area (TPSA) is 85.8 Å². The van der Waals surface area contributed by atoms with Crippen molar-refractivity contribution in [3.05, 3.63) is 36.9 Å². The van der Waals surface area contributed by atoms with E-state index in [1.807, 2.05) is 18.2 Å². The number of amides is 1. The van der Waals surface area contributed by atoms with Gasteiger partial charge in [0, 0.05) is 0 Å². The summed E-state index contributed by atoms with van der Waals surface area (Å²) in [5.74, 6) is -0.238.